The van der Waals surface area contributed by atoms with Crippen LogP contribution in [-0.2, 0) is 0 Å². The molecule has 0 aliphatic carbocycles. The molecule has 0 unspecified atom stereocenters. The molecule has 19 heavy (non-hydrogen) atoms. The minimum absolute atomic E-state index is 0.0274. The van der Waals surface area contributed by atoms with Gasteiger partial charge in [-0.3, -0.25) is 14.3 Å². The number of nitrogens with one attached hydrogen (secondary N) is 1. The van der Waals surface area contributed by atoms with Crippen molar-refractivity contribution in [2.75, 3.05) is 0 Å². The molecule has 0 spiro atoms. The first-order chi connectivity index (χ1) is 9.01. The molecule has 0 aliphatic rings. The monoisotopic (exact) mass is 281 g/mol. The van der Waals surface area contributed by atoms with Crippen LogP contribution in [0, 0.1) is 0 Å². The predicted molar refractivity (Wildman–Crippen MR) is 75.0 cm³/mol. The Morgan fingerprint density at radius 3 is 2.63 bits per heavy atom. The van der Waals surface area contributed by atoms with Crippen LogP contribution in [0.3, 0.4) is 0 Å². The van der Waals surface area contributed by atoms with Crippen molar-refractivity contribution in [3.63, 3.8) is 0 Å². The Balaban J connectivity index is 2.90. The van der Waals surface area contributed by atoms with Gasteiger partial charge in [0.1, 0.15) is 5.52 Å². The van der Waals surface area contributed by atoms with E-state index in [1.807, 2.05) is 13.8 Å². The van der Waals surface area contributed by atoms with Gasteiger partial charge in [0.2, 0.25) is 0 Å². The lowest BCUT2D eigenvalue weighted by Crippen LogP contribution is -2.22. The van der Waals surface area contributed by atoms with Crippen LogP contribution in [0.2, 0.25) is 5.02 Å². The Bertz CT molecular complexity index is 683. The van der Waals surface area contributed by atoms with E-state index in [-0.39, 0.29) is 22.5 Å². The van der Waals surface area contributed by atoms with Gasteiger partial charge in [0.25, 0.3) is 0 Å². The molecule has 2 aromatic heterocycles. The number of hydrogen-bond donors (Lipinski definition) is 1. The summed E-state index contributed by atoms with van der Waals surface area (Å²) in [4.78, 5) is 30.7. The van der Waals surface area contributed by atoms with E-state index in [9.17, 15) is 9.59 Å². The Morgan fingerprint density at radius 2 is 2.11 bits per heavy atom. The lowest BCUT2D eigenvalue weighted by molar-refractivity contribution is 0.101. The van der Waals surface area contributed by atoms with Gasteiger partial charge in [-0.15, -0.1) is 0 Å². The van der Waals surface area contributed by atoms with Crippen molar-refractivity contribution in [3.05, 3.63) is 27.3 Å². The molecule has 0 aliphatic heterocycles. The van der Waals surface area contributed by atoms with Crippen molar-refractivity contribution in [2.24, 2.45) is 0 Å². The summed E-state index contributed by atoms with van der Waals surface area (Å²) in [7, 11) is 0. The fourth-order valence-electron chi connectivity index (χ4n) is 2.40. The molecule has 0 aromatic carbocycles. The van der Waals surface area contributed by atoms with Crippen LogP contribution >= 0.6 is 11.6 Å². The van der Waals surface area contributed by atoms with Crippen molar-refractivity contribution in [3.8, 4) is 0 Å². The van der Waals surface area contributed by atoms with Crippen LogP contribution in [0.15, 0.2) is 11.0 Å². The number of aromatic amines is 1. The third-order valence-corrected chi connectivity index (χ3v) is 3.64. The summed E-state index contributed by atoms with van der Waals surface area (Å²) in [5, 5.41) is 0.277. The molecule has 6 heteroatoms. The van der Waals surface area contributed by atoms with E-state index in [1.165, 1.54) is 13.1 Å². The van der Waals surface area contributed by atoms with Crippen molar-refractivity contribution in [1.82, 2.24) is 14.5 Å². The van der Waals surface area contributed by atoms with Crippen molar-refractivity contribution in [1.29, 1.82) is 0 Å². The number of fused-ring (bicyclic) bond motifs is 1. The van der Waals surface area contributed by atoms with Crippen molar-refractivity contribution >= 4 is 28.5 Å². The maximum absolute atomic E-state index is 12.1. The topological polar surface area (TPSA) is 67.8 Å². The molecule has 1 N–H and O–H groups in total. The molecule has 102 valence electrons. The Labute approximate surface area is 115 Å². The highest BCUT2D eigenvalue weighted by Gasteiger charge is 2.21. The summed E-state index contributed by atoms with van der Waals surface area (Å²) in [5.74, 6) is -0.170. The molecule has 0 saturated heterocycles. The fraction of sp³-hybridized carbons (Fsp3) is 0.462. The number of nitrogens with zero attached hydrogens (tertiary/aromatic N) is 2. The maximum atomic E-state index is 12.1. The molecular weight excluding hydrogens is 266 g/mol. The zero-order chi connectivity index (χ0) is 14.2. The molecule has 2 heterocycles. The maximum Gasteiger partial charge on any atom is 0.327 e. The first kappa shape index (κ1) is 13.8. The molecule has 2 rings (SSSR count). The fourth-order valence-corrected chi connectivity index (χ4v) is 2.68. The van der Waals surface area contributed by atoms with Crippen molar-refractivity contribution in [2.45, 2.75) is 39.7 Å². The van der Waals surface area contributed by atoms with Gasteiger partial charge in [0, 0.05) is 12.2 Å². The van der Waals surface area contributed by atoms with E-state index in [4.69, 9.17) is 11.6 Å². The molecule has 0 radical (unpaired) electrons. The van der Waals surface area contributed by atoms with Gasteiger partial charge < -0.3 is 0 Å². The molecule has 5 nitrogen and oxygen atoms in total. The third-order valence-electron chi connectivity index (χ3n) is 3.35. The average Bonchev–Trinajstić information content (AvgIpc) is 2.68. The predicted octanol–water partition coefficient (Wildman–Crippen LogP) is 2.94. The molecule has 0 atom stereocenters. The molecule has 0 amide bonds. The third kappa shape index (κ3) is 2.18. The van der Waals surface area contributed by atoms with E-state index in [0.717, 1.165) is 12.8 Å². The van der Waals surface area contributed by atoms with E-state index < -0.39 is 0 Å². The summed E-state index contributed by atoms with van der Waals surface area (Å²) < 4.78 is 1.60. The van der Waals surface area contributed by atoms with Gasteiger partial charge in [-0.05, 0) is 19.8 Å². The Morgan fingerprint density at radius 1 is 1.47 bits per heavy atom. The minimum atomic E-state index is -0.249. The van der Waals surface area contributed by atoms with Crippen LogP contribution in [-0.4, -0.2) is 20.3 Å². The number of carbonyl (C=O) groups is 1. The van der Waals surface area contributed by atoms with Crippen LogP contribution in [0.5, 0.6) is 0 Å². The number of aromatic nitrogens is 3. The van der Waals surface area contributed by atoms with Gasteiger partial charge in [0.15, 0.2) is 11.4 Å². The lowest BCUT2D eigenvalue weighted by Gasteiger charge is -2.15. The number of rotatable bonds is 4. The molecule has 0 fully saturated rings. The van der Waals surface area contributed by atoms with Crippen LogP contribution in [0.4, 0.5) is 0 Å². The number of H-pyrrole nitrogens is 1. The zero-order valence-electron chi connectivity index (χ0n) is 11.2. The largest absolute Gasteiger partial charge is 0.327 e. The summed E-state index contributed by atoms with van der Waals surface area (Å²) in [6.07, 6.45) is 2.99. The van der Waals surface area contributed by atoms with Gasteiger partial charge >= 0.3 is 5.69 Å². The second-order valence-electron chi connectivity index (χ2n) is 4.51. The van der Waals surface area contributed by atoms with Crippen LogP contribution in [0.1, 0.15) is 50.0 Å². The zero-order valence-corrected chi connectivity index (χ0v) is 11.9. The average molecular weight is 282 g/mol. The van der Waals surface area contributed by atoms with Gasteiger partial charge in [-0.25, -0.2) is 9.78 Å². The first-order valence-electron chi connectivity index (χ1n) is 6.30. The number of hydrogen-bond acceptors (Lipinski definition) is 3. The summed E-state index contributed by atoms with van der Waals surface area (Å²) >= 11 is 6.06. The number of imidazole rings is 1. The normalized spacial score (nSPS) is 11.4. The van der Waals surface area contributed by atoms with Gasteiger partial charge in [0.05, 0.1) is 10.6 Å². The SMILES string of the molecule is CCC(CC)n1c(=O)[nH]c2ncc(Cl)c(C(C)=O)c21. The summed E-state index contributed by atoms with van der Waals surface area (Å²) in [6, 6.07) is 0.0274. The minimum Gasteiger partial charge on any atom is -0.294 e. The summed E-state index contributed by atoms with van der Waals surface area (Å²) in [5.41, 5.74) is 1.03. The number of halogens is 1. The standard InChI is InChI=1S/C13H16ClN3O2/c1-4-8(5-2)17-11-10(7(3)18)9(14)6-15-12(11)16-13(17)19/h6,8H,4-5H2,1-3H3,(H,15,16,19). The van der Waals surface area contributed by atoms with E-state index >= 15 is 0 Å². The molecule has 0 bridgehead atoms. The van der Waals surface area contributed by atoms with Gasteiger partial charge in [-0.2, -0.15) is 0 Å². The first-order valence-corrected chi connectivity index (χ1v) is 6.68. The lowest BCUT2D eigenvalue weighted by atomic mass is 10.1. The van der Waals surface area contributed by atoms with E-state index in [0.29, 0.717) is 16.7 Å². The second-order valence-corrected chi connectivity index (χ2v) is 4.91. The highest BCUT2D eigenvalue weighted by atomic mass is 35.5. The van der Waals surface area contributed by atoms with E-state index in [2.05, 4.69) is 9.97 Å². The molecular formula is C13H16ClN3O2. The second kappa shape index (κ2) is 5.17. The number of ketones is 1. The van der Waals surface area contributed by atoms with E-state index in [1.54, 1.807) is 4.57 Å². The van der Waals surface area contributed by atoms with Gasteiger partial charge in [-0.1, -0.05) is 25.4 Å². The quantitative estimate of drug-likeness (QED) is 0.876. The smallest absolute Gasteiger partial charge is 0.294 e. The Kier molecular flexibility index (Phi) is 3.75. The van der Waals surface area contributed by atoms with Crippen LogP contribution < -0.4 is 5.69 Å². The molecule has 2 aromatic rings. The Hall–Kier alpha value is -1.62. The van der Waals surface area contributed by atoms with Crippen molar-refractivity contribution < 1.29 is 4.79 Å². The number of carbonyl (C=O) groups excluding carboxylic acids is 1. The highest BCUT2D eigenvalue weighted by Crippen LogP contribution is 2.26. The summed E-state index contributed by atoms with van der Waals surface area (Å²) in [6.45, 7) is 5.45. The van der Waals surface area contributed by atoms with Crippen LogP contribution in [0.25, 0.3) is 11.2 Å². The number of pyridine rings is 1. The number of Topliss-reactive ketones (excluding diaryl/α,β-unsaturated/α-hetero) is 1. The highest BCUT2D eigenvalue weighted by molar-refractivity contribution is 6.35. The molecule has 0 saturated carbocycles.